The maximum absolute atomic E-state index is 11.8. The van der Waals surface area contributed by atoms with E-state index in [1.54, 1.807) is 4.57 Å². The zero-order chi connectivity index (χ0) is 14.2. The Morgan fingerprint density at radius 3 is 2.74 bits per heavy atom. The highest BCUT2D eigenvalue weighted by Crippen LogP contribution is 2.24. The van der Waals surface area contributed by atoms with E-state index in [0.717, 1.165) is 10.9 Å². The SMILES string of the molecule is Cc1cn(CC(=O)OC(C)(C)C)c2ncnc(Cl)c12. The molecular weight excluding hydrogens is 266 g/mol. The Bertz CT molecular complexity index is 629. The number of aromatic nitrogens is 3. The van der Waals surface area contributed by atoms with Crippen molar-refractivity contribution in [2.75, 3.05) is 0 Å². The molecule has 0 radical (unpaired) electrons. The predicted octanol–water partition coefficient (Wildman–Crippen LogP) is 2.73. The lowest BCUT2D eigenvalue weighted by Crippen LogP contribution is -2.26. The van der Waals surface area contributed by atoms with Gasteiger partial charge in [-0.3, -0.25) is 4.79 Å². The summed E-state index contributed by atoms with van der Waals surface area (Å²) in [5.74, 6) is -0.306. The molecule has 0 aliphatic carbocycles. The lowest BCUT2D eigenvalue weighted by Gasteiger charge is -2.19. The lowest BCUT2D eigenvalue weighted by atomic mass is 10.2. The van der Waals surface area contributed by atoms with Crippen molar-refractivity contribution in [3.63, 3.8) is 0 Å². The maximum Gasteiger partial charge on any atom is 0.326 e. The number of carbonyl (C=O) groups excluding carboxylic acids is 1. The highest BCUT2D eigenvalue weighted by atomic mass is 35.5. The van der Waals surface area contributed by atoms with E-state index in [9.17, 15) is 4.79 Å². The summed E-state index contributed by atoms with van der Waals surface area (Å²) in [7, 11) is 0. The van der Waals surface area contributed by atoms with Gasteiger partial charge in [0.15, 0.2) is 0 Å². The molecule has 2 aromatic heterocycles. The Hall–Kier alpha value is -1.62. The van der Waals surface area contributed by atoms with E-state index < -0.39 is 5.60 Å². The quantitative estimate of drug-likeness (QED) is 0.627. The van der Waals surface area contributed by atoms with Crippen LogP contribution in [0.4, 0.5) is 0 Å². The number of fused-ring (bicyclic) bond motifs is 1. The van der Waals surface area contributed by atoms with Crippen molar-refractivity contribution in [2.45, 2.75) is 39.8 Å². The van der Waals surface area contributed by atoms with Crippen LogP contribution in [0, 0.1) is 6.92 Å². The van der Waals surface area contributed by atoms with E-state index >= 15 is 0 Å². The molecule has 6 heteroatoms. The van der Waals surface area contributed by atoms with Crippen LogP contribution in [-0.2, 0) is 16.1 Å². The Morgan fingerprint density at radius 2 is 2.11 bits per heavy atom. The van der Waals surface area contributed by atoms with Crippen LogP contribution in [0.25, 0.3) is 11.0 Å². The minimum atomic E-state index is -0.498. The number of hydrogen-bond acceptors (Lipinski definition) is 4. The van der Waals surface area contributed by atoms with Crippen molar-refractivity contribution in [1.82, 2.24) is 14.5 Å². The molecule has 19 heavy (non-hydrogen) atoms. The molecule has 0 bridgehead atoms. The van der Waals surface area contributed by atoms with Gasteiger partial charge in [0.1, 0.15) is 29.3 Å². The lowest BCUT2D eigenvalue weighted by molar-refractivity contribution is -0.155. The van der Waals surface area contributed by atoms with E-state index in [1.165, 1.54) is 6.33 Å². The summed E-state index contributed by atoms with van der Waals surface area (Å²) in [4.78, 5) is 20.0. The predicted molar refractivity (Wildman–Crippen MR) is 73.1 cm³/mol. The normalized spacial score (nSPS) is 11.8. The van der Waals surface area contributed by atoms with E-state index in [-0.39, 0.29) is 12.5 Å². The van der Waals surface area contributed by atoms with Crippen LogP contribution in [-0.4, -0.2) is 26.1 Å². The number of carbonyl (C=O) groups is 1. The second-order valence-electron chi connectivity index (χ2n) is 5.39. The van der Waals surface area contributed by atoms with E-state index in [1.807, 2.05) is 33.9 Å². The van der Waals surface area contributed by atoms with Gasteiger partial charge in [-0.25, -0.2) is 9.97 Å². The van der Waals surface area contributed by atoms with Gasteiger partial charge in [0.25, 0.3) is 0 Å². The first-order chi connectivity index (χ1) is 8.78. The van der Waals surface area contributed by atoms with Gasteiger partial charge in [0.2, 0.25) is 0 Å². The van der Waals surface area contributed by atoms with Crippen molar-refractivity contribution in [1.29, 1.82) is 0 Å². The number of rotatable bonds is 2. The van der Waals surface area contributed by atoms with Gasteiger partial charge < -0.3 is 9.30 Å². The second-order valence-corrected chi connectivity index (χ2v) is 5.75. The van der Waals surface area contributed by atoms with Gasteiger partial charge in [0, 0.05) is 6.20 Å². The number of aryl methyl sites for hydroxylation is 1. The summed E-state index contributed by atoms with van der Waals surface area (Å²) >= 11 is 6.04. The van der Waals surface area contributed by atoms with Crippen molar-refractivity contribution in [3.8, 4) is 0 Å². The summed E-state index contributed by atoms with van der Waals surface area (Å²) < 4.78 is 7.02. The van der Waals surface area contributed by atoms with E-state index in [2.05, 4.69) is 9.97 Å². The molecule has 0 saturated carbocycles. The molecule has 0 aliphatic heterocycles. The molecular formula is C13H16ClN3O2. The van der Waals surface area contributed by atoms with Gasteiger partial charge >= 0.3 is 5.97 Å². The van der Waals surface area contributed by atoms with Crippen LogP contribution in [0.1, 0.15) is 26.3 Å². The average molecular weight is 282 g/mol. The molecule has 2 aromatic rings. The molecule has 2 rings (SSSR count). The molecule has 0 aromatic carbocycles. The molecule has 0 spiro atoms. The second kappa shape index (κ2) is 4.81. The minimum Gasteiger partial charge on any atom is -0.459 e. The van der Waals surface area contributed by atoms with Crippen molar-refractivity contribution in [3.05, 3.63) is 23.2 Å². The molecule has 0 atom stereocenters. The smallest absolute Gasteiger partial charge is 0.326 e. The number of ether oxygens (including phenoxy) is 1. The van der Waals surface area contributed by atoms with Crippen LogP contribution in [0.15, 0.2) is 12.5 Å². The molecule has 0 fully saturated rings. The average Bonchev–Trinajstić information content (AvgIpc) is 2.54. The van der Waals surface area contributed by atoms with Crippen LogP contribution in [0.5, 0.6) is 0 Å². The Kier molecular flexibility index (Phi) is 3.49. The van der Waals surface area contributed by atoms with Crippen LogP contribution in [0.2, 0.25) is 5.15 Å². The van der Waals surface area contributed by atoms with Crippen molar-refractivity contribution in [2.24, 2.45) is 0 Å². The van der Waals surface area contributed by atoms with Gasteiger partial charge in [0.05, 0.1) is 5.39 Å². The molecule has 5 nitrogen and oxygen atoms in total. The van der Waals surface area contributed by atoms with Gasteiger partial charge in [-0.15, -0.1) is 0 Å². The first-order valence-corrected chi connectivity index (χ1v) is 6.33. The monoisotopic (exact) mass is 281 g/mol. The van der Waals surface area contributed by atoms with E-state index in [0.29, 0.717) is 10.8 Å². The van der Waals surface area contributed by atoms with Crippen molar-refractivity contribution >= 4 is 28.6 Å². The molecule has 102 valence electrons. The Balaban J connectivity index is 2.32. The molecule has 2 heterocycles. The number of esters is 1. The van der Waals surface area contributed by atoms with Crippen LogP contribution < -0.4 is 0 Å². The molecule has 0 N–H and O–H groups in total. The van der Waals surface area contributed by atoms with Crippen LogP contribution in [0.3, 0.4) is 0 Å². The number of halogens is 1. The fourth-order valence-electron chi connectivity index (χ4n) is 1.91. The van der Waals surface area contributed by atoms with Gasteiger partial charge in [-0.1, -0.05) is 11.6 Å². The molecule has 0 saturated heterocycles. The highest BCUT2D eigenvalue weighted by Gasteiger charge is 2.18. The third kappa shape index (κ3) is 3.04. The zero-order valence-electron chi connectivity index (χ0n) is 11.4. The molecule has 0 amide bonds. The maximum atomic E-state index is 11.8. The Morgan fingerprint density at radius 1 is 1.42 bits per heavy atom. The van der Waals surface area contributed by atoms with Crippen molar-refractivity contribution < 1.29 is 9.53 Å². The Labute approximate surface area is 116 Å². The largest absolute Gasteiger partial charge is 0.459 e. The first kappa shape index (κ1) is 13.8. The molecule has 0 aliphatic rings. The fourth-order valence-corrected chi connectivity index (χ4v) is 2.18. The standard InChI is InChI=1S/C13H16ClN3O2/c1-8-5-17(6-9(18)19-13(2,3)4)12-10(8)11(14)15-7-16-12/h5,7H,6H2,1-4H3. The topological polar surface area (TPSA) is 57.0 Å². The highest BCUT2D eigenvalue weighted by molar-refractivity contribution is 6.34. The fraction of sp³-hybridized carbons (Fsp3) is 0.462. The summed E-state index contributed by atoms with van der Waals surface area (Å²) in [5, 5.41) is 1.16. The number of nitrogens with zero attached hydrogens (tertiary/aromatic N) is 3. The summed E-state index contributed by atoms with van der Waals surface area (Å²) in [6.45, 7) is 7.52. The number of hydrogen-bond donors (Lipinski definition) is 0. The zero-order valence-corrected chi connectivity index (χ0v) is 12.2. The third-order valence-electron chi connectivity index (χ3n) is 2.52. The van der Waals surface area contributed by atoms with Gasteiger partial charge in [-0.05, 0) is 33.3 Å². The summed E-state index contributed by atoms with van der Waals surface area (Å²) in [5.41, 5.74) is 1.08. The summed E-state index contributed by atoms with van der Waals surface area (Å²) in [6.07, 6.45) is 3.21. The molecule has 0 unspecified atom stereocenters. The first-order valence-electron chi connectivity index (χ1n) is 5.96. The van der Waals surface area contributed by atoms with Crippen LogP contribution >= 0.6 is 11.6 Å². The van der Waals surface area contributed by atoms with E-state index in [4.69, 9.17) is 16.3 Å². The third-order valence-corrected chi connectivity index (χ3v) is 2.80. The van der Waals surface area contributed by atoms with Gasteiger partial charge in [-0.2, -0.15) is 0 Å². The minimum absolute atomic E-state index is 0.106. The summed E-state index contributed by atoms with van der Waals surface area (Å²) in [6, 6.07) is 0.